The third kappa shape index (κ3) is 9.58. The zero-order chi connectivity index (χ0) is 44.5. The van der Waals surface area contributed by atoms with Crippen LogP contribution in [0.15, 0.2) is 23.3 Å². The maximum atomic E-state index is 10.3. The summed E-state index contributed by atoms with van der Waals surface area (Å²) >= 11 is 0. The molecule has 8 rings (SSSR count). The van der Waals surface area contributed by atoms with Crippen molar-refractivity contribution in [3.8, 4) is 0 Å². The summed E-state index contributed by atoms with van der Waals surface area (Å²) in [6.07, 6.45) is 42.7. The molecule has 0 saturated heterocycles. The Morgan fingerprint density at radius 2 is 1.19 bits per heavy atom. The van der Waals surface area contributed by atoms with Crippen molar-refractivity contribution in [2.24, 2.45) is 92.7 Å². The van der Waals surface area contributed by atoms with E-state index in [1.807, 2.05) is 0 Å². The van der Waals surface area contributed by atoms with Gasteiger partial charge < -0.3 is 10.2 Å². The largest absolute Gasteiger partial charge is 0.393 e. The lowest BCUT2D eigenvalue weighted by atomic mass is 9.44. The first-order chi connectivity index (χ1) is 29.7. The van der Waals surface area contributed by atoms with Gasteiger partial charge in [-0.05, 0) is 228 Å². The Kier molecular flexibility index (Phi) is 16.5. The molecule has 1 unspecified atom stereocenters. The van der Waals surface area contributed by atoms with Gasteiger partial charge in [-0.15, -0.1) is 0 Å². The monoisotopic (exact) mass is 857 g/mol. The van der Waals surface area contributed by atoms with Gasteiger partial charge in [0.15, 0.2) is 0 Å². The van der Waals surface area contributed by atoms with Crippen LogP contribution in [0.4, 0.5) is 0 Å². The van der Waals surface area contributed by atoms with Crippen molar-refractivity contribution in [2.45, 2.75) is 261 Å². The maximum absolute atomic E-state index is 10.3. The molecule has 7 fully saturated rings. The predicted molar refractivity (Wildman–Crippen MR) is 266 cm³/mol. The molecule has 2 heteroatoms. The SMILES string of the molecule is CC/C=C(\CCC)CC[C@@H](C)[C@H]1CC[C@H]2[C@@H]3CC=C4C[C@@H](O)CC[C@]4(C)[C@H]3CC[C@]12C.CCCC(CCC)CC[C@@H](C)[C@H]1CC[C@H]2[C@@H]3CCC4C[C@@H](O)CC[C@]4(C)[C@H]3CC[C@]12C. The predicted octanol–water partition coefficient (Wildman–Crippen LogP) is 17.1. The third-order valence-electron chi connectivity index (χ3n) is 22.6. The van der Waals surface area contributed by atoms with E-state index < -0.39 is 0 Å². The van der Waals surface area contributed by atoms with Crippen molar-refractivity contribution in [3.63, 3.8) is 0 Å². The molecule has 0 aromatic rings. The van der Waals surface area contributed by atoms with Crippen LogP contribution >= 0.6 is 0 Å². The lowest BCUT2D eigenvalue weighted by Gasteiger charge is -2.61. The van der Waals surface area contributed by atoms with Crippen molar-refractivity contribution in [2.75, 3.05) is 0 Å². The first-order valence-electron chi connectivity index (χ1n) is 28.4. The topological polar surface area (TPSA) is 40.5 Å². The number of aliphatic hydroxyl groups excluding tert-OH is 2. The lowest BCUT2D eigenvalue weighted by Crippen LogP contribution is -2.54. The zero-order valence-electron chi connectivity index (χ0n) is 42.9. The fourth-order valence-electron chi connectivity index (χ4n) is 19.3. The van der Waals surface area contributed by atoms with E-state index in [2.05, 4.69) is 81.4 Å². The molecule has 356 valence electrons. The highest BCUT2D eigenvalue weighted by atomic mass is 16.3. The number of fused-ring (bicyclic) bond motifs is 10. The van der Waals surface area contributed by atoms with Gasteiger partial charge in [0.1, 0.15) is 0 Å². The van der Waals surface area contributed by atoms with Gasteiger partial charge in [0.2, 0.25) is 0 Å². The summed E-state index contributed by atoms with van der Waals surface area (Å²) in [6.45, 7) is 25.2. The Balaban J connectivity index is 0.000000186. The quantitative estimate of drug-likeness (QED) is 0.161. The number of rotatable bonds is 15. The van der Waals surface area contributed by atoms with Crippen LogP contribution in [-0.4, -0.2) is 22.4 Å². The second-order valence-corrected chi connectivity index (χ2v) is 25.7. The molecule has 17 atom stereocenters. The Bertz CT molecular complexity index is 1490. The van der Waals surface area contributed by atoms with Crippen molar-refractivity contribution < 1.29 is 10.2 Å². The molecule has 8 aliphatic carbocycles. The molecular formula is C60H104O2. The van der Waals surface area contributed by atoms with Crippen molar-refractivity contribution in [3.05, 3.63) is 23.3 Å². The molecule has 0 aromatic carbocycles. The molecule has 7 saturated carbocycles. The summed E-state index contributed by atoms with van der Waals surface area (Å²) in [5.74, 6) is 11.1. The van der Waals surface area contributed by atoms with Gasteiger partial charge in [0, 0.05) is 0 Å². The molecule has 0 amide bonds. The van der Waals surface area contributed by atoms with Crippen LogP contribution in [0, 0.1) is 92.7 Å². The van der Waals surface area contributed by atoms with E-state index in [1.165, 1.54) is 154 Å². The second kappa shape index (κ2) is 20.7. The standard InChI is InChI=1S/C30H54O.C30H50O/c2*1-6-8-22(9-7-2)11-10-21(3)26-14-15-27-25-13-12-23-20-24(31)16-18-29(23,4)28(25)17-19-30(26,27)5/h21-28,31H,6-20H2,1-5H3;8,12,21,24-28,31H,6-7,9-11,13-20H2,1-5H3/b;22-8+/t21-,23?,24+,25+,26-,27+,28+,29+,30-;21-,24+,25+,26-,27+,28+,29+,30-/m11/s1. The van der Waals surface area contributed by atoms with Crippen LogP contribution in [0.2, 0.25) is 0 Å². The van der Waals surface area contributed by atoms with Crippen LogP contribution in [0.1, 0.15) is 249 Å². The first-order valence-corrected chi connectivity index (χ1v) is 28.4. The summed E-state index contributed by atoms with van der Waals surface area (Å²) in [5.41, 5.74) is 5.43. The molecule has 2 nitrogen and oxygen atoms in total. The fraction of sp³-hybridized carbons (Fsp3) is 0.933. The summed E-state index contributed by atoms with van der Waals surface area (Å²) in [6, 6.07) is 0. The number of allylic oxidation sites excluding steroid dienone is 3. The molecule has 0 radical (unpaired) electrons. The van der Waals surface area contributed by atoms with E-state index in [-0.39, 0.29) is 12.2 Å². The molecule has 0 spiro atoms. The minimum Gasteiger partial charge on any atom is -0.393 e. The van der Waals surface area contributed by atoms with Crippen molar-refractivity contribution in [1.82, 2.24) is 0 Å². The van der Waals surface area contributed by atoms with Crippen molar-refractivity contribution in [1.29, 1.82) is 0 Å². The van der Waals surface area contributed by atoms with E-state index in [0.717, 1.165) is 96.7 Å². The van der Waals surface area contributed by atoms with Crippen LogP contribution in [-0.2, 0) is 0 Å². The first kappa shape index (κ1) is 49.3. The van der Waals surface area contributed by atoms with Gasteiger partial charge in [0.25, 0.3) is 0 Å². The summed E-state index contributed by atoms with van der Waals surface area (Å²) in [5, 5.41) is 20.6. The van der Waals surface area contributed by atoms with Gasteiger partial charge in [0.05, 0.1) is 12.2 Å². The van der Waals surface area contributed by atoms with E-state index in [9.17, 15) is 10.2 Å². The highest BCUT2D eigenvalue weighted by Gasteiger charge is 2.61. The molecule has 8 aliphatic rings. The molecule has 0 heterocycles. The minimum atomic E-state index is -0.0826. The summed E-state index contributed by atoms with van der Waals surface area (Å²) in [4.78, 5) is 0. The fourth-order valence-corrected chi connectivity index (χ4v) is 19.3. The summed E-state index contributed by atoms with van der Waals surface area (Å²) in [7, 11) is 0. The van der Waals surface area contributed by atoms with Gasteiger partial charge in [-0.3, -0.25) is 0 Å². The minimum absolute atomic E-state index is 0.00978. The number of aliphatic hydroxyl groups is 2. The number of hydrogen-bond acceptors (Lipinski definition) is 2. The second-order valence-electron chi connectivity index (χ2n) is 25.7. The van der Waals surface area contributed by atoms with Gasteiger partial charge in [-0.1, -0.05) is 137 Å². The molecule has 62 heavy (non-hydrogen) atoms. The normalized spacial score (nSPS) is 44.7. The van der Waals surface area contributed by atoms with E-state index in [1.54, 1.807) is 11.1 Å². The van der Waals surface area contributed by atoms with E-state index >= 15 is 0 Å². The van der Waals surface area contributed by atoms with E-state index in [0.29, 0.717) is 21.7 Å². The Morgan fingerprint density at radius 1 is 0.597 bits per heavy atom. The molecule has 2 N–H and O–H groups in total. The third-order valence-corrected chi connectivity index (χ3v) is 22.6. The Morgan fingerprint density at radius 3 is 1.84 bits per heavy atom. The maximum Gasteiger partial charge on any atom is 0.0577 e. The zero-order valence-corrected chi connectivity index (χ0v) is 42.9. The van der Waals surface area contributed by atoms with Crippen LogP contribution < -0.4 is 0 Å². The average molecular weight is 857 g/mol. The van der Waals surface area contributed by atoms with Crippen LogP contribution in [0.3, 0.4) is 0 Å². The Hall–Kier alpha value is -0.600. The Labute approximate surface area is 385 Å². The molecule has 0 aromatic heterocycles. The van der Waals surface area contributed by atoms with Gasteiger partial charge in [-0.25, -0.2) is 0 Å². The molecule has 0 aliphatic heterocycles. The smallest absolute Gasteiger partial charge is 0.0577 e. The molecule has 0 bridgehead atoms. The lowest BCUT2D eigenvalue weighted by molar-refractivity contribution is -0.129. The summed E-state index contributed by atoms with van der Waals surface area (Å²) < 4.78 is 0. The van der Waals surface area contributed by atoms with Gasteiger partial charge >= 0.3 is 0 Å². The number of hydrogen-bond donors (Lipinski definition) is 2. The van der Waals surface area contributed by atoms with E-state index in [4.69, 9.17) is 0 Å². The molecular weight excluding hydrogens is 753 g/mol. The van der Waals surface area contributed by atoms with Gasteiger partial charge in [-0.2, -0.15) is 0 Å². The highest BCUT2D eigenvalue weighted by molar-refractivity contribution is 5.25. The highest BCUT2D eigenvalue weighted by Crippen LogP contribution is 2.70. The van der Waals surface area contributed by atoms with Crippen LogP contribution in [0.25, 0.3) is 0 Å². The average Bonchev–Trinajstić information content (AvgIpc) is 3.80. The van der Waals surface area contributed by atoms with Crippen molar-refractivity contribution >= 4 is 0 Å². The van der Waals surface area contributed by atoms with Crippen LogP contribution in [0.5, 0.6) is 0 Å².